The first-order valence-electron chi connectivity index (χ1n) is 7.79. The van der Waals surface area contributed by atoms with Crippen LogP contribution in [0.4, 0.5) is 21.0 Å². The summed E-state index contributed by atoms with van der Waals surface area (Å²) in [6.07, 6.45) is -1.98. The number of benzene rings is 1. The molecule has 1 rings (SSSR count). The highest BCUT2D eigenvalue weighted by Crippen LogP contribution is 2.42. The topological polar surface area (TPSA) is 117 Å². The highest BCUT2D eigenvalue weighted by atomic mass is 35.5. The minimum atomic E-state index is -1.30. The van der Waals surface area contributed by atoms with E-state index in [-0.39, 0.29) is 36.2 Å². The zero-order chi connectivity index (χ0) is 19.7. The van der Waals surface area contributed by atoms with E-state index in [2.05, 4.69) is 10.6 Å². The number of hydrogen-bond acceptors (Lipinski definition) is 4. The number of carbonyl (C=O) groups is 2. The van der Waals surface area contributed by atoms with Crippen molar-refractivity contribution < 1.29 is 29.3 Å². The Labute approximate surface area is 161 Å². The van der Waals surface area contributed by atoms with Gasteiger partial charge in [0.1, 0.15) is 12.4 Å². The van der Waals surface area contributed by atoms with Crippen molar-refractivity contribution in [1.82, 2.24) is 0 Å². The van der Waals surface area contributed by atoms with Gasteiger partial charge in [-0.1, -0.05) is 0 Å². The first-order chi connectivity index (χ1) is 12.4. The average Bonchev–Trinajstić information content (AvgIpc) is 2.56. The van der Waals surface area contributed by atoms with Crippen molar-refractivity contribution >= 4 is 46.8 Å². The molecule has 1 aromatic carbocycles. The van der Waals surface area contributed by atoms with Gasteiger partial charge in [-0.3, -0.25) is 10.6 Å². The quantitative estimate of drug-likeness (QED) is 0.345. The summed E-state index contributed by atoms with van der Waals surface area (Å²) < 4.78 is 10.7. The van der Waals surface area contributed by atoms with Crippen LogP contribution in [0.3, 0.4) is 0 Å². The Morgan fingerprint density at radius 2 is 1.50 bits per heavy atom. The lowest BCUT2D eigenvalue weighted by molar-refractivity contribution is 0.146. The maximum atomic E-state index is 11.3. The van der Waals surface area contributed by atoms with Crippen LogP contribution in [0.2, 0.25) is 0 Å². The van der Waals surface area contributed by atoms with Crippen LogP contribution in [0.25, 0.3) is 0 Å². The Hall–Kier alpha value is -1.90. The molecule has 0 spiro atoms. The van der Waals surface area contributed by atoms with Gasteiger partial charge in [-0.05, 0) is 30.9 Å². The van der Waals surface area contributed by atoms with Crippen LogP contribution in [0.1, 0.15) is 16.7 Å². The highest BCUT2D eigenvalue weighted by molar-refractivity contribution is 6.18. The van der Waals surface area contributed by atoms with E-state index in [1.807, 2.05) is 0 Å². The fourth-order valence-corrected chi connectivity index (χ4v) is 2.99. The molecule has 0 atom stereocenters. The summed E-state index contributed by atoms with van der Waals surface area (Å²) in [5.74, 6) is 0.711. The van der Waals surface area contributed by atoms with Gasteiger partial charge in [0.05, 0.1) is 18.0 Å². The lowest BCUT2D eigenvalue weighted by Crippen LogP contribution is -2.19. The molecule has 10 heteroatoms. The second-order valence-electron chi connectivity index (χ2n) is 5.24. The van der Waals surface area contributed by atoms with Gasteiger partial charge in [0.2, 0.25) is 0 Å². The number of anilines is 2. The number of alkyl halides is 2. The number of methoxy groups -OCH3 is 1. The van der Waals surface area contributed by atoms with Crippen molar-refractivity contribution in [1.29, 1.82) is 0 Å². The molecule has 26 heavy (non-hydrogen) atoms. The summed E-state index contributed by atoms with van der Waals surface area (Å²) in [5.41, 5.74) is 2.06. The molecule has 0 bridgehead atoms. The van der Waals surface area contributed by atoms with Crippen molar-refractivity contribution in [2.75, 3.05) is 42.7 Å². The van der Waals surface area contributed by atoms with Gasteiger partial charge in [0.15, 0.2) is 0 Å². The van der Waals surface area contributed by atoms with Crippen LogP contribution < -0.4 is 15.4 Å². The predicted molar refractivity (Wildman–Crippen MR) is 101 cm³/mol. The molecule has 0 aliphatic heterocycles. The van der Waals surface area contributed by atoms with E-state index in [4.69, 9.17) is 32.7 Å². The average molecular weight is 409 g/mol. The van der Waals surface area contributed by atoms with Crippen molar-refractivity contribution in [3.8, 4) is 5.75 Å². The second kappa shape index (κ2) is 10.9. The van der Waals surface area contributed by atoms with Crippen LogP contribution in [-0.4, -0.2) is 54.5 Å². The van der Waals surface area contributed by atoms with Crippen LogP contribution in [0.15, 0.2) is 0 Å². The molecule has 1 aromatic rings. The Bertz CT molecular complexity index is 654. The number of amides is 2. The van der Waals surface area contributed by atoms with E-state index in [9.17, 15) is 19.8 Å². The molecular weight excluding hydrogens is 387 g/mol. The Kier molecular flexibility index (Phi) is 9.32. The number of rotatable bonds is 10. The van der Waals surface area contributed by atoms with Crippen molar-refractivity contribution in [3.63, 3.8) is 0 Å². The summed E-state index contributed by atoms with van der Waals surface area (Å²) in [4.78, 5) is 22.5. The molecule has 0 fully saturated rings. The monoisotopic (exact) mass is 408 g/mol. The summed E-state index contributed by atoms with van der Waals surface area (Å²) >= 11 is 11.7. The lowest BCUT2D eigenvalue weighted by atomic mass is 9.94. The normalized spacial score (nSPS) is 10.5. The zero-order valence-corrected chi connectivity index (χ0v) is 16.0. The molecule has 146 valence electrons. The molecule has 0 saturated carbocycles. The molecule has 2 amide bonds. The van der Waals surface area contributed by atoms with Gasteiger partial charge in [-0.2, -0.15) is 0 Å². The number of halogens is 2. The fraction of sp³-hybridized carbons (Fsp3) is 0.500. The molecular formula is C16H22Cl2N2O6. The van der Waals surface area contributed by atoms with Gasteiger partial charge < -0.3 is 19.7 Å². The van der Waals surface area contributed by atoms with Crippen LogP contribution in [-0.2, 0) is 17.6 Å². The predicted octanol–water partition coefficient (Wildman–Crippen LogP) is 3.76. The third kappa shape index (κ3) is 5.82. The summed E-state index contributed by atoms with van der Waals surface area (Å²) in [6.45, 7) is 2.21. The summed E-state index contributed by atoms with van der Waals surface area (Å²) in [6, 6.07) is 0. The molecule has 0 radical (unpaired) electrons. The molecule has 0 heterocycles. The van der Waals surface area contributed by atoms with E-state index in [0.29, 0.717) is 35.5 Å². The molecule has 4 N–H and O–H groups in total. The van der Waals surface area contributed by atoms with Gasteiger partial charge in [-0.25, -0.2) is 9.59 Å². The zero-order valence-electron chi connectivity index (χ0n) is 14.5. The van der Waals surface area contributed by atoms with E-state index in [0.717, 1.165) is 0 Å². The first kappa shape index (κ1) is 22.1. The standard InChI is InChI=1S/C16H22Cl2N2O6/c1-9-10(3-5-17)12(19-15(21)22)11(4-6-18)13(20-16(23)24)14(9)26-8-7-25-2/h19-20H,3-8H2,1-2H3,(H,21,22)(H,23,24). The summed E-state index contributed by atoms with van der Waals surface area (Å²) in [5, 5.41) is 23.1. The van der Waals surface area contributed by atoms with Gasteiger partial charge in [0, 0.05) is 24.4 Å². The Morgan fingerprint density at radius 3 is 2.00 bits per heavy atom. The van der Waals surface area contributed by atoms with E-state index >= 15 is 0 Å². The van der Waals surface area contributed by atoms with E-state index in [1.165, 1.54) is 7.11 Å². The van der Waals surface area contributed by atoms with Crippen molar-refractivity contribution in [3.05, 3.63) is 16.7 Å². The molecule has 0 aliphatic rings. The molecule has 8 nitrogen and oxygen atoms in total. The minimum Gasteiger partial charge on any atom is -0.489 e. The Balaban J connectivity index is 3.68. The van der Waals surface area contributed by atoms with Crippen molar-refractivity contribution in [2.45, 2.75) is 19.8 Å². The molecule has 0 saturated heterocycles. The van der Waals surface area contributed by atoms with Crippen molar-refractivity contribution in [2.24, 2.45) is 0 Å². The largest absolute Gasteiger partial charge is 0.489 e. The molecule has 0 unspecified atom stereocenters. The fourth-order valence-electron chi connectivity index (χ4n) is 2.61. The van der Waals surface area contributed by atoms with Crippen LogP contribution >= 0.6 is 23.2 Å². The molecule has 0 aliphatic carbocycles. The van der Waals surface area contributed by atoms with Gasteiger partial charge in [0.25, 0.3) is 0 Å². The minimum absolute atomic E-state index is 0.156. The third-order valence-electron chi connectivity index (χ3n) is 3.61. The number of nitrogens with one attached hydrogen (secondary N) is 2. The number of ether oxygens (including phenoxy) is 2. The smallest absolute Gasteiger partial charge is 0.409 e. The van der Waals surface area contributed by atoms with Crippen LogP contribution in [0, 0.1) is 6.92 Å². The second-order valence-corrected chi connectivity index (χ2v) is 6.00. The summed E-state index contributed by atoms with van der Waals surface area (Å²) in [7, 11) is 1.52. The number of carboxylic acid groups (broad SMARTS) is 2. The van der Waals surface area contributed by atoms with Gasteiger partial charge >= 0.3 is 12.2 Å². The lowest BCUT2D eigenvalue weighted by Gasteiger charge is -2.24. The third-order valence-corrected chi connectivity index (χ3v) is 3.99. The van der Waals surface area contributed by atoms with E-state index in [1.54, 1.807) is 6.92 Å². The maximum Gasteiger partial charge on any atom is 0.409 e. The maximum absolute atomic E-state index is 11.3. The van der Waals surface area contributed by atoms with Gasteiger partial charge in [-0.15, -0.1) is 23.2 Å². The van der Waals surface area contributed by atoms with Crippen LogP contribution in [0.5, 0.6) is 5.75 Å². The number of hydrogen-bond donors (Lipinski definition) is 4. The highest BCUT2D eigenvalue weighted by Gasteiger charge is 2.24. The molecule has 0 aromatic heterocycles. The Morgan fingerprint density at radius 1 is 0.962 bits per heavy atom. The van der Waals surface area contributed by atoms with E-state index < -0.39 is 12.2 Å². The SMILES string of the molecule is COCCOc1c(C)c(CCCl)c(NC(=O)O)c(CCCl)c1NC(=O)O. The first-order valence-corrected chi connectivity index (χ1v) is 8.86.